The van der Waals surface area contributed by atoms with Crippen LogP contribution in [0.3, 0.4) is 0 Å². The van der Waals surface area contributed by atoms with Crippen molar-refractivity contribution < 1.29 is 18.0 Å². The summed E-state index contributed by atoms with van der Waals surface area (Å²) in [4.78, 5) is 29.4. The number of piperidine rings is 1. The summed E-state index contributed by atoms with van der Waals surface area (Å²) < 4.78 is 30.2. The number of nitrogens with zero attached hydrogens (tertiary/aromatic N) is 2. The summed E-state index contributed by atoms with van der Waals surface area (Å²) in [6.07, 6.45) is 1.31. The molecule has 1 aliphatic rings. The van der Waals surface area contributed by atoms with Gasteiger partial charge in [0.25, 0.3) is 5.91 Å². The van der Waals surface area contributed by atoms with E-state index in [9.17, 15) is 18.0 Å². The number of nitrogens with one attached hydrogen (secondary N) is 2. The lowest BCUT2D eigenvalue weighted by Gasteiger charge is -2.39. The Morgan fingerprint density at radius 2 is 1.68 bits per heavy atom. The first kappa shape index (κ1) is 27.8. The summed E-state index contributed by atoms with van der Waals surface area (Å²) in [6, 6.07) is 17.4. The van der Waals surface area contributed by atoms with Crippen molar-refractivity contribution in [2.45, 2.75) is 37.6 Å². The van der Waals surface area contributed by atoms with E-state index in [1.54, 1.807) is 30.3 Å². The molecule has 2 N–H and O–H groups in total. The first-order valence-electron chi connectivity index (χ1n) is 12.9. The molecule has 1 aliphatic heterocycles. The Labute approximate surface area is 225 Å². The van der Waals surface area contributed by atoms with E-state index in [2.05, 4.69) is 10.0 Å². The maximum absolute atomic E-state index is 13.7. The van der Waals surface area contributed by atoms with Crippen LogP contribution in [0.25, 0.3) is 10.8 Å². The Bertz CT molecular complexity index is 1440. The molecule has 4 rings (SSSR count). The molecule has 3 aromatic carbocycles. The number of aryl methyl sites for hydroxylation is 1. The van der Waals surface area contributed by atoms with Crippen molar-refractivity contribution >= 4 is 38.3 Å². The Morgan fingerprint density at radius 1 is 1.00 bits per heavy atom. The Kier molecular flexibility index (Phi) is 8.50. The van der Waals surface area contributed by atoms with Crippen LogP contribution < -0.4 is 10.0 Å². The Balaban J connectivity index is 1.57. The summed E-state index contributed by atoms with van der Waals surface area (Å²) in [5.41, 5.74) is 1.97. The van der Waals surface area contributed by atoms with Gasteiger partial charge < -0.3 is 15.1 Å². The van der Waals surface area contributed by atoms with E-state index in [1.807, 2.05) is 68.1 Å². The van der Waals surface area contributed by atoms with Gasteiger partial charge in [-0.3, -0.25) is 9.59 Å². The zero-order valence-electron chi connectivity index (χ0n) is 22.4. The Morgan fingerprint density at radius 3 is 2.37 bits per heavy atom. The molecule has 38 heavy (non-hydrogen) atoms. The normalized spacial score (nSPS) is 18.1. The summed E-state index contributed by atoms with van der Waals surface area (Å²) in [5.74, 6) is -0.170. The minimum Gasteiger partial charge on any atom is -0.341 e. The number of anilines is 1. The molecule has 1 saturated heterocycles. The molecular weight excluding hydrogens is 500 g/mol. The smallest absolute Gasteiger partial charge is 0.255 e. The molecule has 2 unspecified atom stereocenters. The van der Waals surface area contributed by atoms with Crippen LogP contribution in [0.4, 0.5) is 5.69 Å². The summed E-state index contributed by atoms with van der Waals surface area (Å²) >= 11 is 0. The number of benzene rings is 3. The molecular formula is C29H36N4O4S. The van der Waals surface area contributed by atoms with Gasteiger partial charge in [-0.15, -0.1) is 0 Å². The SMILES string of the molecule is CCC1CN(C(=O)CN(C)C)CCC1NS(=O)(=O)c1ccc(NC(=O)c2ccccc2C)c2ccccc12. The molecule has 0 saturated carbocycles. The number of carbonyl (C=O) groups is 2. The molecule has 0 aromatic heterocycles. The lowest BCUT2D eigenvalue weighted by atomic mass is 9.90. The predicted octanol–water partition coefficient (Wildman–Crippen LogP) is 3.87. The highest BCUT2D eigenvalue weighted by Gasteiger charge is 2.34. The molecule has 0 bridgehead atoms. The second kappa shape index (κ2) is 11.6. The van der Waals surface area contributed by atoms with Gasteiger partial charge in [-0.05, 0) is 57.1 Å². The van der Waals surface area contributed by atoms with Crippen LogP contribution in [0.2, 0.25) is 0 Å². The number of fused-ring (bicyclic) bond motifs is 1. The van der Waals surface area contributed by atoms with Crippen molar-refractivity contribution in [3.63, 3.8) is 0 Å². The van der Waals surface area contributed by atoms with E-state index >= 15 is 0 Å². The number of sulfonamides is 1. The minimum absolute atomic E-state index is 0.0172. The lowest BCUT2D eigenvalue weighted by Crippen LogP contribution is -2.53. The van der Waals surface area contributed by atoms with Crippen molar-refractivity contribution in [1.82, 2.24) is 14.5 Å². The highest BCUT2D eigenvalue weighted by Crippen LogP contribution is 2.31. The summed E-state index contributed by atoms with van der Waals surface area (Å²) in [6.45, 7) is 5.28. The number of likely N-dealkylation sites (tertiary alicyclic amines) is 1. The fourth-order valence-electron chi connectivity index (χ4n) is 5.09. The molecule has 0 radical (unpaired) electrons. The third kappa shape index (κ3) is 6.06. The van der Waals surface area contributed by atoms with Crippen LogP contribution in [0.15, 0.2) is 65.6 Å². The van der Waals surface area contributed by atoms with Crippen molar-refractivity contribution in [2.24, 2.45) is 5.92 Å². The van der Waals surface area contributed by atoms with Gasteiger partial charge in [0.05, 0.1) is 11.4 Å². The highest BCUT2D eigenvalue weighted by atomic mass is 32.2. The fraction of sp³-hybridized carbons (Fsp3) is 0.379. The maximum atomic E-state index is 13.7. The van der Waals surface area contributed by atoms with Gasteiger partial charge in [-0.2, -0.15) is 0 Å². The standard InChI is InChI=1S/C29H36N4O4S/c1-5-21-18-33(28(34)19-32(3)4)17-16-25(21)31-38(36,37)27-15-14-26(23-12-8-9-13-24(23)27)30-29(35)22-11-7-6-10-20(22)2/h6-15,21,25,31H,5,16-19H2,1-4H3,(H,30,35). The minimum atomic E-state index is -3.86. The van der Waals surface area contributed by atoms with E-state index in [0.717, 1.165) is 12.0 Å². The largest absolute Gasteiger partial charge is 0.341 e. The molecule has 0 spiro atoms. The van der Waals surface area contributed by atoms with Gasteiger partial charge >= 0.3 is 0 Å². The van der Waals surface area contributed by atoms with E-state index in [0.29, 0.717) is 48.1 Å². The summed E-state index contributed by atoms with van der Waals surface area (Å²) in [7, 11) is -0.143. The van der Waals surface area contributed by atoms with E-state index in [4.69, 9.17) is 0 Å². The molecule has 2 atom stereocenters. The first-order valence-corrected chi connectivity index (χ1v) is 14.4. The first-order chi connectivity index (χ1) is 18.1. The molecule has 3 aromatic rings. The molecule has 9 heteroatoms. The lowest BCUT2D eigenvalue weighted by molar-refractivity contribution is -0.133. The van der Waals surface area contributed by atoms with Gasteiger partial charge in [0.2, 0.25) is 15.9 Å². The topological polar surface area (TPSA) is 98.8 Å². The number of amides is 2. The van der Waals surface area contributed by atoms with Crippen LogP contribution in [-0.4, -0.2) is 69.8 Å². The third-order valence-electron chi connectivity index (χ3n) is 7.18. The van der Waals surface area contributed by atoms with Crippen molar-refractivity contribution in [3.8, 4) is 0 Å². The number of hydrogen-bond acceptors (Lipinski definition) is 5. The fourth-order valence-corrected chi connectivity index (χ4v) is 6.64. The molecule has 202 valence electrons. The average molecular weight is 537 g/mol. The predicted molar refractivity (Wildman–Crippen MR) is 151 cm³/mol. The van der Waals surface area contributed by atoms with Crippen molar-refractivity contribution in [1.29, 1.82) is 0 Å². The van der Waals surface area contributed by atoms with Crippen molar-refractivity contribution in [2.75, 3.05) is 39.0 Å². The zero-order valence-corrected chi connectivity index (χ0v) is 23.2. The zero-order chi connectivity index (χ0) is 27.4. The van der Waals surface area contributed by atoms with Crippen LogP contribution in [0, 0.1) is 12.8 Å². The molecule has 8 nitrogen and oxygen atoms in total. The third-order valence-corrected chi connectivity index (χ3v) is 8.73. The van der Waals surface area contributed by atoms with Gasteiger partial charge in [-0.1, -0.05) is 55.8 Å². The van der Waals surface area contributed by atoms with Gasteiger partial charge in [0, 0.05) is 41.2 Å². The maximum Gasteiger partial charge on any atom is 0.255 e. The van der Waals surface area contributed by atoms with Crippen LogP contribution in [0.5, 0.6) is 0 Å². The van der Waals surface area contributed by atoms with E-state index in [-0.39, 0.29) is 28.7 Å². The second-order valence-electron chi connectivity index (χ2n) is 10.2. The van der Waals surface area contributed by atoms with Gasteiger partial charge in [0.15, 0.2) is 0 Å². The quantitative estimate of drug-likeness (QED) is 0.456. The monoisotopic (exact) mass is 536 g/mol. The summed E-state index contributed by atoms with van der Waals surface area (Å²) in [5, 5.41) is 4.14. The number of carbonyl (C=O) groups excluding carboxylic acids is 2. The average Bonchev–Trinajstić information content (AvgIpc) is 2.88. The molecule has 1 heterocycles. The molecule has 2 amide bonds. The Hall–Kier alpha value is -3.27. The number of hydrogen-bond donors (Lipinski definition) is 2. The van der Waals surface area contributed by atoms with Crippen molar-refractivity contribution in [3.05, 3.63) is 71.8 Å². The van der Waals surface area contributed by atoms with Crippen LogP contribution >= 0.6 is 0 Å². The van der Waals surface area contributed by atoms with Crippen LogP contribution in [-0.2, 0) is 14.8 Å². The van der Waals surface area contributed by atoms with Crippen LogP contribution in [0.1, 0.15) is 35.7 Å². The number of likely N-dealkylation sites (N-methyl/N-ethyl adjacent to an activating group) is 1. The van der Waals surface area contributed by atoms with E-state index < -0.39 is 10.0 Å². The molecule has 1 fully saturated rings. The second-order valence-corrected chi connectivity index (χ2v) is 11.9. The van der Waals surface area contributed by atoms with Gasteiger partial charge in [-0.25, -0.2) is 13.1 Å². The molecule has 0 aliphatic carbocycles. The highest BCUT2D eigenvalue weighted by molar-refractivity contribution is 7.89. The van der Waals surface area contributed by atoms with Gasteiger partial charge in [0.1, 0.15) is 0 Å². The number of rotatable bonds is 8. The van der Waals surface area contributed by atoms with E-state index in [1.165, 1.54) is 0 Å².